The van der Waals surface area contributed by atoms with E-state index in [0.29, 0.717) is 0 Å². The molecule has 0 nitrogen and oxygen atoms in total. The van der Waals surface area contributed by atoms with Crippen LogP contribution in [-0.2, 0) is 0 Å². The van der Waals surface area contributed by atoms with Crippen LogP contribution in [0.5, 0.6) is 0 Å². The second kappa shape index (κ2) is 6.88. The van der Waals surface area contributed by atoms with Crippen LogP contribution in [0.15, 0.2) is 78.9 Å². The normalized spacial score (nSPS) is 20.0. The third-order valence-electron chi connectivity index (χ3n) is 5.12. The Balaban J connectivity index is 2.15. The molecule has 0 unspecified atom stereocenters. The van der Waals surface area contributed by atoms with Crippen LogP contribution in [0.1, 0.15) is 39.5 Å². The van der Waals surface area contributed by atoms with Gasteiger partial charge in [0.1, 0.15) is 8.80 Å². The lowest BCUT2D eigenvalue weighted by Crippen LogP contribution is -2.49. The third kappa shape index (κ3) is 2.95. The fourth-order valence-corrected chi connectivity index (χ4v) is 8.86. The van der Waals surface area contributed by atoms with Crippen LogP contribution in [0.4, 0.5) is 0 Å². The van der Waals surface area contributed by atoms with E-state index >= 15 is 0 Å². The summed E-state index contributed by atoms with van der Waals surface area (Å²) in [5.41, 5.74) is 0. The second-order valence-corrected chi connectivity index (χ2v) is 9.95. The van der Waals surface area contributed by atoms with Gasteiger partial charge in [-0.1, -0.05) is 111 Å². The van der Waals surface area contributed by atoms with Crippen LogP contribution in [-0.4, -0.2) is 8.80 Å². The summed E-state index contributed by atoms with van der Waals surface area (Å²) in [5.74, 6) is 0. The first-order valence-electron chi connectivity index (χ1n) is 8.94. The Morgan fingerprint density at radius 1 is 0.696 bits per heavy atom. The van der Waals surface area contributed by atoms with Gasteiger partial charge in [-0.2, -0.15) is 0 Å². The number of rotatable bonds is 7. The highest BCUT2D eigenvalue weighted by Crippen LogP contribution is 2.55. The topological polar surface area (TPSA) is 0 Å². The Morgan fingerprint density at radius 2 is 1.13 bits per heavy atom. The van der Waals surface area contributed by atoms with Crippen LogP contribution in [0, 0.1) is 0 Å². The molecule has 0 bridgehead atoms. The van der Waals surface area contributed by atoms with Crippen LogP contribution in [0.2, 0.25) is 10.1 Å². The first-order chi connectivity index (χ1) is 11.3. The van der Waals surface area contributed by atoms with E-state index in [1.807, 2.05) is 0 Å². The molecule has 0 fully saturated rings. The molecule has 0 N–H and O–H groups in total. The molecule has 23 heavy (non-hydrogen) atoms. The quantitative estimate of drug-likeness (QED) is 0.564. The predicted molar refractivity (Wildman–Crippen MR) is 104 cm³/mol. The van der Waals surface area contributed by atoms with E-state index in [9.17, 15) is 0 Å². The van der Waals surface area contributed by atoms with Gasteiger partial charge in [-0.15, -0.1) is 0 Å². The van der Waals surface area contributed by atoms with Crippen molar-refractivity contribution >= 4 is 14.0 Å². The minimum Gasteiger partial charge on any atom is -0.0771 e. The lowest BCUT2D eigenvalue weighted by atomic mass is 10.0. The average molecular weight is 320 g/mol. The van der Waals surface area contributed by atoms with Crippen molar-refractivity contribution in [1.29, 1.82) is 0 Å². The number of hydrogen-bond donors (Lipinski definition) is 0. The Labute approximate surface area is 142 Å². The summed E-state index contributed by atoms with van der Waals surface area (Å²) >= 11 is 0. The predicted octanol–water partition coefficient (Wildman–Crippen LogP) is 5.72. The lowest BCUT2D eigenvalue weighted by Gasteiger charge is -2.44. The molecule has 0 heterocycles. The summed E-state index contributed by atoms with van der Waals surface area (Å²) in [4.78, 5) is 0. The van der Waals surface area contributed by atoms with Crippen molar-refractivity contribution in [3.63, 3.8) is 0 Å². The van der Waals surface area contributed by atoms with Gasteiger partial charge in [0.15, 0.2) is 0 Å². The maximum atomic E-state index is 2.50. The molecule has 0 saturated carbocycles. The van der Waals surface area contributed by atoms with E-state index in [1.54, 1.807) is 5.19 Å². The Kier molecular flexibility index (Phi) is 4.86. The van der Waals surface area contributed by atoms with Crippen LogP contribution in [0.25, 0.3) is 0 Å². The summed E-state index contributed by atoms with van der Waals surface area (Å²) < 4.78 is 0. The average Bonchev–Trinajstić information content (AvgIpc) is 3.21. The van der Waals surface area contributed by atoms with E-state index in [4.69, 9.17) is 0 Å². The SMILES string of the molecule is CCCC1([Si](c2ccccc2)C2(CCC)C=CC=C2)C=CC=C1. The van der Waals surface area contributed by atoms with Crippen LogP contribution in [0.3, 0.4) is 0 Å². The molecule has 1 aromatic carbocycles. The molecule has 0 spiro atoms. The van der Waals surface area contributed by atoms with E-state index < -0.39 is 8.80 Å². The van der Waals surface area contributed by atoms with Gasteiger partial charge < -0.3 is 0 Å². The van der Waals surface area contributed by atoms with Gasteiger partial charge in [-0.3, -0.25) is 0 Å². The third-order valence-corrected chi connectivity index (χ3v) is 9.06. The minimum absolute atomic E-state index is 0.231. The molecule has 1 radical (unpaired) electrons. The molecule has 0 atom stereocenters. The second-order valence-electron chi connectivity index (χ2n) is 6.76. The van der Waals surface area contributed by atoms with E-state index in [-0.39, 0.29) is 10.1 Å². The Hall–Kier alpha value is -1.60. The molecule has 2 aliphatic carbocycles. The fourth-order valence-electron chi connectivity index (χ4n) is 4.34. The Bertz CT molecular complexity index is 571. The molecule has 1 aromatic rings. The molecule has 119 valence electrons. The highest BCUT2D eigenvalue weighted by Gasteiger charge is 2.49. The van der Waals surface area contributed by atoms with Crippen molar-refractivity contribution in [2.75, 3.05) is 0 Å². The minimum atomic E-state index is -0.868. The summed E-state index contributed by atoms with van der Waals surface area (Å²) in [5, 5.41) is 2.02. The smallest absolute Gasteiger partial charge is 0.0771 e. The van der Waals surface area contributed by atoms with E-state index in [1.165, 1.54) is 25.7 Å². The zero-order valence-electron chi connectivity index (χ0n) is 14.3. The molecule has 0 aromatic heterocycles. The van der Waals surface area contributed by atoms with Crippen molar-refractivity contribution < 1.29 is 0 Å². The summed E-state index contributed by atoms with van der Waals surface area (Å²) in [6.07, 6.45) is 24.0. The molecular formula is C22H27Si. The van der Waals surface area contributed by atoms with Crippen LogP contribution >= 0.6 is 0 Å². The van der Waals surface area contributed by atoms with Gasteiger partial charge in [0.05, 0.1) is 0 Å². The van der Waals surface area contributed by atoms with Gasteiger partial charge in [-0.25, -0.2) is 0 Å². The van der Waals surface area contributed by atoms with Gasteiger partial charge in [-0.05, 0) is 12.8 Å². The zero-order chi connectivity index (χ0) is 16.2. The van der Waals surface area contributed by atoms with Crippen molar-refractivity contribution in [2.45, 2.75) is 49.6 Å². The number of allylic oxidation sites excluding steroid dienone is 8. The van der Waals surface area contributed by atoms with Crippen molar-refractivity contribution in [3.8, 4) is 0 Å². The number of benzene rings is 1. The van der Waals surface area contributed by atoms with Crippen molar-refractivity contribution in [1.82, 2.24) is 0 Å². The Morgan fingerprint density at radius 3 is 1.52 bits per heavy atom. The zero-order valence-corrected chi connectivity index (χ0v) is 15.3. The summed E-state index contributed by atoms with van der Waals surface area (Å²) in [7, 11) is -0.868. The maximum Gasteiger partial charge on any atom is 0.116 e. The van der Waals surface area contributed by atoms with Gasteiger partial charge in [0, 0.05) is 10.1 Å². The standard InChI is InChI=1S/C22H27Si/c1-3-14-21(16-8-9-17-21)23(20-12-6-5-7-13-20)22(15-4-2)18-10-11-19-22/h5-13,16-19H,3-4,14-15H2,1-2H3. The molecule has 2 aliphatic rings. The highest BCUT2D eigenvalue weighted by atomic mass is 28.3. The molecular weight excluding hydrogens is 292 g/mol. The van der Waals surface area contributed by atoms with Gasteiger partial charge >= 0.3 is 0 Å². The first-order valence-corrected chi connectivity index (χ1v) is 10.4. The number of hydrogen-bond acceptors (Lipinski definition) is 0. The monoisotopic (exact) mass is 319 g/mol. The molecule has 0 saturated heterocycles. The van der Waals surface area contributed by atoms with E-state index in [2.05, 4.69) is 92.8 Å². The largest absolute Gasteiger partial charge is 0.116 e. The first kappa shape index (κ1) is 16.3. The van der Waals surface area contributed by atoms with E-state index in [0.717, 1.165) is 0 Å². The molecule has 1 heteroatoms. The van der Waals surface area contributed by atoms with Gasteiger partial charge in [0.2, 0.25) is 0 Å². The lowest BCUT2D eigenvalue weighted by molar-refractivity contribution is 0.642. The van der Waals surface area contributed by atoms with Crippen molar-refractivity contribution in [3.05, 3.63) is 78.9 Å². The molecule has 3 rings (SSSR count). The summed E-state index contributed by atoms with van der Waals surface area (Å²) in [6, 6.07) is 11.3. The van der Waals surface area contributed by atoms with Gasteiger partial charge in [0.25, 0.3) is 0 Å². The summed E-state index contributed by atoms with van der Waals surface area (Å²) in [6.45, 7) is 4.64. The van der Waals surface area contributed by atoms with Crippen LogP contribution < -0.4 is 5.19 Å². The maximum absolute atomic E-state index is 2.50. The van der Waals surface area contributed by atoms with Crippen molar-refractivity contribution in [2.24, 2.45) is 0 Å². The molecule has 0 aliphatic heterocycles. The molecule has 0 amide bonds. The highest BCUT2D eigenvalue weighted by molar-refractivity contribution is 6.81. The fraction of sp³-hybridized carbons (Fsp3) is 0.364.